The summed E-state index contributed by atoms with van der Waals surface area (Å²) in [5.74, 6) is 0.656. The number of nitrogens with zero attached hydrogens (tertiary/aromatic N) is 1. The highest BCUT2D eigenvalue weighted by Crippen LogP contribution is 2.15. The molecule has 2 aromatic heterocycles. The number of hydrogen-bond acceptors (Lipinski definition) is 4. The summed E-state index contributed by atoms with van der Waals surface area (Å²) in [4.78, 5) is 19.1. The Labute approximate surface area is 126 Å². The van der Waals surface area contributed by atoms with Gasteiger partial charge in [-0.2, -0.15) is 0 Å². The number of benzene rings is 1. The van der Waals surface area contributed by atoms with Crippen molar-refractivity contribution in [1.29, 1.82) is 0 Å². The minimum atomic E-state index is -0.0647. The molecule has 0 spiro atoms. The normalized spacial score (nSPS) is 10.9. The van der Waals surface area contributed by atoms with E-state index >= 15 is 0 Å². The minimum absolute atomic E-state index is 0.0647. The van der Waals surface area contributed by atoms with Crippen LogP contribution in [0.15, 0.2) is 40.5 Å². The summed E-state index contributed by atoms with van der Waals surface area (Å²) in [7, 11) is 0. The van der Waals surface area contributed by atoms with Crippen LogP contribution in [0, 0.1) is 0 Å². The predicted molar refractivity (Wildman–Crippen MR) is 88.0 cm³/mol. The molecule has 0 unspecified atom stereocenters. The summed E-state index contributed by atoms with van der Waals surface area (Å²) in [5, 5.41) is 5.17. The van der Waals surface area contributed by atoms with Crippen molar-refractivity contribution in [3.05, 3.63) is 57.5 Å². The molecule has 3 rings (SSSR count). The van der Waals surface area contributed by atoms with Crippen molar-refractivity contribution in [2.75, 3.05) is 5.32 Å². The van der Waals surface area contributed by atoms with Gasteiger partial charge in [0.1, 0.15) is 10.5 Å². The first kappa shape index (κ1) is 13.8. The third kappa shape index (κ3) is 3.13. The third-order valence-corrected chi connectivity index (χ3v) is 4.22. The fourth-order valence-electron chi connectivity index (χ4n) is 2.27. The van der Waals surface area contributed by atoms with Gasteiger partial charge in [-0.25, -0.2) is 4.98 Å². The van der Waals surface area contributed by atoms with Gasteiger partial charge in [0, 0.05) is 5.69 Å². The van der Waals surface area contributed by atoms with Crippen LogP contribution in [-0.4, -0.2) is 9.97 Å². The Morgan fingerprint density at radius 2 is 2.05 bits per heavy atom. The van der Waals surface area contributed by atoms with Crippen molar-refractivity contribution in [2.45, 2.75) is 26.3 Å². The van der Waals surface area contributed by atoms with Crippen LogP contribution in [0.3, 0.4) is 0 Å². The highest BCUT2D eigenvalue weighted by atomic mass is 32.1. The second-order valence-electron chi connectivity index (χ2n) is 4.95. The van der Waals surface area contributed by atoms with Gasteiger partial charge in [-0.05, 0) is 35.6 Å². The molecule has 0 amide bonds. The molecule has 0 atom stereocenters. The van der Waals surface area contributed by atoms with Crippen molar-refractivity contribution >= 4 is 27.2 Å². The fourth-order valence-corrected chi connectivity index (χ4v) is 2.99. The van der Waals surface area contributed by atoms with Crippen LogP contribution in [0.5, 0.6) is 0 Å². The summed E-state index contributed by atoms with van der Waals surface area (Å²) in [6.45, 7) is 2.68. The van der Waals surface area contributed by atoms with Gasteiger partial charge < -0.3 is 10.3 Å². The highest BCUT2D eigenvalue weighted by molar-refractivity contribution is 7.17. The van der Waals surface area contributed by atoms with Crippen LogP contribution in [0.1, 0.15) is 24.7 Å². The smallest absolute Gasteiger partial charge is 0.268 e. The molecule has 5 heteroatoms. The fraction of sp³-hybridized carbons (Fsp3) is 0.250. The lowest BCUT2D eigenvalue weighted by Gasteiger charge is -2.07. The van der Waals surface area contributed by atoms with E-state index in [0.29, 0.717) is 17.1 Å². The summed E-state index contributed by atoms with van der Waals surface area (Å²) in [6, 6.07) is 10.3. The van der Waals surface area contributed by atoms with E-state index in [1.807, 2.05) is 11.4 Å². The molecule has 0 radical (unpaired) electrons. The van der Waals surface area contributed by atoms with Gasteiger partial charge in [-0.1, -0.05) is 25.5 Å². The Morgan fingerprint density at radius 1 is 1.24 bits per heavy atom. The average Bonchev–Trinajstić information content (AvgIpc) is 2.96. The van der Waals surface area contributed by atoms with E-state index in [-0.39, 0.29) is 5.56 Å². The third-order valence-electron chi connectivity index (χ3n) is 3.32. The Balaban J connectivity index is 1.72. The molecule has 2 N–H and O–H groups in total. The summed E-state index contributed by atoms with van der Waals surface area (Å²) in [6.07, 6.45) is 2.25. The second-order valence-corrected chi connectivity index (χ2v) is 5.86. The molecule has 3 aromatic rings. The van der Waals surface area contributed by atoms with Crippen LogP contribution < -0.4 is 10.9 Å². The zero-order valence-corrected chi connectivity index (χ0v) is 12.7. The van der Waals surface area contributed by atoms with Crippen LogP contribution >= 0.6 is 11.3 Å². The summed E-state index contributed by atoms with van der Waals surface area (Å²) >= 11 is 1.42. The molecule has 21 heavy (non-hydrogen) atoms. The lowest BCUT2D eigenvalue weighted by Crippen LogP contribution is -2.13. The molecule has 1 aromatic carbocycles. The molecular weight excluding hydrogens is 282 g/mol. The molecule has 2 heterocycles. The van der Waals surface area contributed by atoms with E-state index in [1.165, 1.54) is 16.9 Å². The lowest BCUT2D eigenvalue weighted by atomic mass is 10.1. The summed E-state index contributed by atoms with van der Waals surface area (Å²) < 4.78 is 0.683. The van der Waals surface area contributed by atoms with E-state index in [0.717, 1.165) is 24.0 Å². The van der Waals surface area contributed by atoms with Crippen molar-refractivity contribution in [2.24, 2.45) is 0 Å². The lowest BCUT2D eigenvalue weighted by molar-refractivity contribution is 0.920. The van der Waals surface area contributed by atoms with Crippen molar-refractivity contribution in [1.82, 2.24) is 9.97 Å². The van der Waals surface area contributed by atoms with Crippen LogP contribution in [0.2, 0.25) is 0 Å². The molecule has 0 aliphatic rings. The quantitative estimate of drug-likeness (QED) is 0.757. The topological polar surface area (TPSA) is 57.8 Å². The van der Waals surface area contributed by atoms with E-state index in [9.17, 15) is 4.79 Å². The Bertz CT molecular complexity index is 789. The number of fused-ring (bicyclic) bond motifs is 1. The number of aryl methyl sites for hydroxylation is 1. The molecule has 0 saturated carbocycles. The van der Waals surface area contributed by atoms with Gasteiger partial charge in [0.2, 0.25) is 0 Å². The molecule has 0 aliphatic heterocycles. The Kier molecular flexibility index (Phi) is 4.01. The maximum absolute atomic E-state index is 11.9. The molecule has 0 saturated heterocycles. The minimum Gasteiger partial charge on any atom is -0.378 e. The van der Waals surface area contributed by atoms with E-state index in [2.05, 4.69) is 46.5 Å². The van der Waals surface area contributed by atoms with Gasteiger partial charge >= 0.3 is 0 Å². The van der Waals surface area contributed by atoms with Crippen molar-refractivity contribution in [3.8, 4) is 0 Å². The first-order valence-corrected chi connectivity index (χ1v) is 7.93. The monoisotopic (exact) mass is 299 g/mol. The predicted octanol–water partition coefficient (Wildman–Crippen LogP) is 3.55. The van der Waals surface area contributed by atoms with E-state index in [4.69, 9.17) is 0 Å². The number of aromatic nitrogens is 2. The number of H-pyrrole nitrogens is 1. The van der Waals surface area contributed by atoms with Gasteiger partial charge in [0.05, 0.1) is 12.1 Å². The first-order valence-electron chi connectivity index (χ1n) is 7.05. The number of nitrogens with one attached hydrogen (secondary N) is 2. The van der Waals surface area contributed by atoms with Gasteiger partial charge in [-0.15, -0.1) is 11.3 Å². The highest BCUT2D eigenvalue weighted by Gasteiger charge is 2.04. The SMILES string of the molecule is CCCc1ccc(NCc2nc3ccsc3c(=O)[nH]2)cc1. The standard InChI is InChI=1S/C16H17N3OS/c1-2-3-11-4-6-12(7-5-11)17-10-14-18-13-8-9-21-15(13)16(20)19-14/h4-9,17H,2-3,10H2,1H3,(H,18,19,20). The second kappa shape index (κ2) is 6.10. The van der Waals surface area contributed by atoms with Crippen molar-refractivity contribution in [3.63, 3.8) is 0 Å². The van der Waals surface area contributed by atoms with Gasteiger partial charge in [0.15, 0.2) is 0 Å². The Hall–Kier alpha value is -2.14. The number of rotatable bonds is 5. The van der Waals surface area contributed by atoms with E-state index < -0.39 is 0 Å². The molecule has 108 valence electrons. The van der Waals surface area contributed by atoms with Crippen LogP contribution in [0.4, 0.5) is 5.69 Å². The van der Waals surface area contributed by atoms with Gasteiger partial charge in [0.25, 0.3) is 5.56 Å². The van der Waals surface area contributed by atoms with Crippen LogP contribution in [0.25, 0.3) is 10.2 Å². The molecule has 0 bridgehead atoms. The van der Waals surface area contributed by atoms with E-state index in [1.54, 1.807) is 0 Å². The molecular formula is C16H17N3OS. The number of aromatic amines is 1. The zero-order valence-electron chi connectivity index (χ0n) is 11.8. The van der Waals surface area contributed by atoms with Gasteiger partial charge in [-0.3, -0.25) is 4.79 Å². The largest absolute Gasteiger partial charge is 0.378 e. The number of hydrogen-bond donors (Lipinski definition) is 2. The van der Waals surface area contributed by atoms with Crippen LogP contribution in [-0.2, 0) is 13.0 Å². The average molecular weight is 299 g/mol. The number of thiophene rings is 1. The molecule has 4 nitrogen and oxygen atoms in total. The maximum Gasteiger partial charge on any atom is 0.268 e. The number of anilines is 1. The zero-order chi connectivity index (χ0) is 14.7. The Morgan fingerprint density at radius 3 is 2.81 bits per heavy atom. The maximum atomic E-state index is 11.9. The van der Waals surface area contributed by atoms with Crippen molar-refractivity contribution < 1.29 is 0 Å². The molecule has 0 fully saturated rings. The first-order chi connectivity index (χ1) is 10.3. The molecule has 0 aliphatic carbocycles. The summed E-state index contributed by atoms with van der Waals surface area (Å²) in [5.41, 5.74) is 3.07.